The number of ether oxygens (including phenoxy) is 3. The van der Waals surface area contributed by atoms with Crippen LogP contribution in [0.15, 0.2) is 42.0 Å². The minimum atomic E-state index is -1.71. The van der Waals surface area contributed by atoms with Crippen LogP contribution in [-0.2, 0) is 11.2 Å². The largest absolute Gasteiger partial charge is 0.508 e. The Labute approximate surface area is 212 Å². The molecule has 0 saturated carbocycles. The second-order valence-electron chi connectivity index (χ2n) is 9.32. The third-order valence-corrected chi connectivity index (χ3v) is 6.40. The molecule has 2 aromatic carbocycles. The van der Waals surface area contributed by atoms with Crippen molar-refractivity contribution in [1.29, 1.82) is 0 Å². The summed E-state index contributed by atoms with van der Waals surface area (Å²) in [6.45, 7) is 3.04. The Morgan fingerprint density at radius 1 is 1.03 bits per heavy atom. The van der Waals surface area contributed by atoms with Crippen LogP contribution in [0.5, 0.6) is 23.0 Å². The summed E-state index contributed by atoms with van der Waals surface area (Å²) in [5.74, 6) is -1.45. The maximum atomic E-state index is 13.1. The van der Waals surface area contributed by atoms with Crippen LogP contribution in [0, 0.1) is 0 Å². The molecule has 200 valence electrons. The lowest BCUT2D eigenvalue weighted by molar-refractivity contribution is -0.277. The molecular weight excluding hydrogens is 488 g/mol. The Morgan fingerprint density at radius 2 is 1.70 bits per heavy atom. The smallest absolute Gasteiger partial charge is 0.229 e. The van der Waals surface area contributed by atoms with Crippen LogP contribution < -0.4 is 9.47 Å². The van der Waals surface area contributed by atoms with Crippen molar-refractivity contribution < 1.29 is 54.8 Å². The number of carbonyl (C=O) groups excluding carboxylic acids is 1. The fourth-order valence-corrected chi connectivity index (χ4v) is 4.32. The van der Waals surface area contributed by atoms with Gasteiger partial charge in [0.15, 0.2) is 12.2 Å². The summed E-state index contributed by atoms with van der Waals surface area (Å²) in [6.07, 6.45) is -8.58. The van der Waals surface area contributed by atoms with E-state index < -0.39 is 61.1 Å². The van der Waals surface area contributed by atoms with Gasteiger partial charge in [-0.15, -0.1) is 0 Å². The van der Waals surface area contributed by atoms with Crippen molar-refractivity contribution in [1.82, 2.24) is 0 Å². The molecule has 0 spiro atoms. The summed E-state index contributed by atoms with van der Waals surface area (Å²) in [6, 6.07) is 6.86. The van der Waals surface area contributed by atoms with E-state index in [9.17, 15) is 40.5 Å². The molecule has 4 rings (SSSR count). The molecule has 7 atom stereocenters. The average molecular weight is 519 g/mol. The number of phenolic OH excluding ortho intramolecular Hbond substituents is 2. The molecule has 2 aliphatic heterocycles. The number of hydrogen-bond acceptors (Lipinski definition) is 11. The maximum absolute atomic E-state index is 13.1. The van der Waals surface area contributed by atoms with Crippen LogP contribution in [0.2, 0.25) is 0 Å². The lowest BCUT2D eigenvalue weighted by Crippen LogP contribution is -2.60. The number of allylic oxidation sites excluding steroid dienone is 2. The molecule has 0 aromatic heterocycles. The van der Waals surface area contributed by atoms with Crippen LogP contribution >= 0.6 is 0 Å². The molecule has 11 heteroatoms. The van der Waals surface area contributed by atoms with Crippen LogP contribution in [0.3, 0.4) is 0 Å². The van der Waals surface area contributed by atoms with E-state index in [-0.39, 0.29) is 34.8 Å². The highest BCUT2D eigenvalue weighted by Crippen LogP contribution is 2.46. The van der Waals surface area contributed by atoms with Crippen molar-refractivity contribution in [2.24, 2.45) is 0 Å². The van der Waals surface area contributed by atoms with E-state index in [1.54, 1.807) is 6.08 Å². The van der Waals surface area contributed by atoms with Crippen LogP contribution in [0.4, 0.5) is 0 Å². The van der Waals surface area contributed by atoms with Gasteiger partial charge in [0.05, 0.1) is 6.61 Å². The van der Waals surface area contributed by atoms with Crippen molar-refractivity contribution in [2.45, 2.75) is 63.2 Å². The zero-order chi connectivity index (χ0) is 27.0. The van der Waals surface area contributed by atoms with Gasteiger partial charge >= 0.3 is 0 Å². The molecule has 1 saturated heterocycles. The standard InChI is InChI=1S/C26H30O11/c1-11(2)3-8-14-16(35-26-23(34)21(32)19(30)17(10-27)36-26)9-15(29)18-20(31)22(33)24(37-25(14)18)12-4-6-13(28)7-5-12/h3-7,9,17,19,21-24,26-30,32-34H,8,10H2,1-2H3/t17-,19-,21+,22+,23-,24+,26-/m0/s1. The first kappa shape index (κ1) is 26.9. The average Bonchev–Trinajstić information content (AvgIpc) is 2.86. The van der Waals surface area contributed by atoms with E-state index in [0.717, 1.165) is 11.6 Å². The summed E-state index contributed by atoms with van der Waals surface area (Å²) in [5, 5.41) is 71.2. The van der Waals surface area contributed by atoms with Gasteiger partial charge in [0.25, 0.3) is 0 Å². The first-order chi connectivity index (χ1) is 17.5. The third kappa shape index (κ3) is 5.14. The summed E-state index contributed by atoms with van der Waals surface area (Å²) < 4.78 is 17.3. The normalized spacial score (nSPS) is 29.3. The molecule has 0 amide bonds. The molecule has 2 aliphatic rings. The first-order valence-corrected chi connectivity index (χ1v) is 11.7. The number of aliphatic hydroxyl groups is 5. The van der Waals surface area contributed by atoms with Gasteiger partial charge < -0.3 is 50.0 Å². The van der Waals surface area contributed by atoms with E-state index in [2.05, 4.69) is 0 Å². The highest BCUT2D eigenvalue weighted by atomic mass is 16.7. The zero-order valence-electron chi connectivity index (χ0n) is 20.2. The number of phenols is 2. The quantitative estimate of drug-likeness (QED) is 0.263. The Bertz CT molecular complexity index is 1170. The lowest BCUT2D eigenvalue weighted by atomic mass is 9.90. The highest BCUT2D eigenvalue weighted by molar-refractivity contribution is 6.06. The van der Waals surface area contributed by atoms with E-state index in [1.807, 2.05) is 13.8 Å². The molecule has 0 aliphatic carbocycles. The van der Waals surface area contributed by atoms with Crippen molar-refractivity contribution >= 4 is 5.78 Å². The fourth-order valence-electron chi connectivity index (χ4n) is 4.32. The van der Waals surface area contributed by atoms with Crippen molar-refractivity contribution in [3.8, 4) is 23.0 Å². The molecule has 0 radical (unpaired) electrons. The molecule has 7 N–H and O–H groups in total. The summed E-state index contributed by atoms with van der Waals surface area (Å²) in [7, 11) is 0. The fraction of sp³-hybridized carbons (Fsp3) is 0.423. The topological polar surface area (TPSA) is 186 Å². The van der Waals surface area contributed by atoms with Crippen molar-refractivity contribution in [3.05, 3.63) is 58.7 Å². The van der Waals surface area contributed by atoms with Gasteiger partial charge in [-0.3, -0.25) is 4.79 Å². The van der Waals surface area contributed by atoms with Gasteiger partial charge in [-0.2, -0.15) is 0 Å². The minimum Gasteiger partial charge on any atom is -0.508 e. The number of Topliss-reactive ketones (excluding diaryl/α,β-unsaturated/α-hetero) is 1. The maximum Gasteiger partial charge on any atom is 0.229 e. The number of carbonyl (C=O) groups is 1. The van der Waals surface area contributed by atoms with Gasteiger partial charge in [0, 0.05) is 11.6 Å². The Balaban J connectivity index is 1.79. The van der Waals surface area contributed by atoms with E-state index >= 15 is 0 Å². The third-order valence-electron chi connectivity index (χ3n) is 6.40. The van der Waals surface area contributed by atoms with Gasteiger partial charge in [-0.25, -0.2) is 0 Å². The number of benzene rings is 2. The Hall–Kier alpha value is -3.19. The zero-order valence-corrected chi connectivity index (χ0v) is 20.2. The highest BCUT2D eigenvalue weighted by Gasteiger charge is 2.46. The van der Waals surface area contributed by atoms with Gasteiger partial charge in [-0.1, -0.05) is 23.8 Å². The Morgan fingerprint density at radius 3 is 2.32 bits per heavy atom. The summed E-state index contributed by atoms with van der Waals surface area (Å²) in [5.41, 5.74) is 1.35. The molecule has 0 unspecified atom stereocenters. The van der Waals surface area contributed by atoms with Gasteiger partial charge in [-0.05, 0) is 38.0 Å². The predicted octanol–water partition coefficient (Wildman–Crippen LogP) is 0.462. The van der Waals surface area contributed by atoms with Crippen LogP contribution in [0.1, 0.15) is 41.4 Å². The second-order valence-corrected chi connectivity index (χ2v) is 9.32. The molecule has 2 aromatic rings. The number of hydrogen-bond donors (Lipinski definition) is 7. The molecule has 37 heavy (non-hydrogen) atoms. The molecular formula is C26H30O11. The van der Waals surface area contributed by atoms with Crippen molar-refractivity contribution in [3.63, 3.8) is 0 Å². The molecule has 2 heterocycles. The monoisotopic (exact) mass is 518 g/mol. The summed E-state index contributed by atoms with van der Waals surface area (Å²) in [4.78, 5) is 13.1. The van der Waals surface area contributed by atoms with E-state index in [0.29, 0.717) is 5.56 Å². The number of rotatable bonds is 6. The van der Waals surface area contributed by atoms with Crippen LogP contribution in [0.25, 0.3) is 0 Å². The number of fused-ring (bicyclic) bond motifs is 1. The molecule has 1 fully saturated rings. The van der Waals surface area contributed by atoms with Crippen LogP contribution in [-0.4, -0.2) is 84.9 Å². The number of aliphatic hydroxyl groups excluding tert-OH is 5. The SMILES string of the molecule is CC(C)=CCc1c(O[C@H]2O[C@@H](CO)[C@H](O)[C@@H](O)[C@@H]2O)cc(O)c2c1O[C@H](c1ccc(O)cc1)[C@H](O)C2=O. The molecule has 0 bridgehead atoms. The van der Waals surface area contributed by atoms with Crippen molar-refractivity contribution in [2.75, 3.05) is 6.61 Å². The Kier molecular flexibility index (Phi) is 7.74. The lowest BCUT2D eigenvalue weighted by Gasteiger charge is -2.40. The minimum absolute atomic E-state index is 0.0158. The number of aromatic hydroxyl groups is 2. The van der Waals surface area contributed by atoms with E-state index in [4.69, 9.17) is 14.2 Å². The van der Waals surface area contributed by atoms with E-state index in [1.165, 1.54) is 24.3 Å². The predicted molar refractivity (Wildman–Crippen MR) is 127 cm³/mol. The van der Waals surface area contributed by atoms with Gasteiger partial charge in [0.2, 0.25) is 12.1 Å². The molecule has 11 nitrogen and oxygen atoms in total. The van der Waals surface area contributed by atoms with Gasteiger partial charge in [0.1, 0.15) is 53.0 Å². The number of ketones is 1. The first-order valence-electron chi connectivity index (χ1n) is 11.7. The second kappa shape index (κ2) is 10.7. The summed E-state index contributed by atoms with van der Waals surface area (Å²) >= 11 is 0.